The molecule has 1 atom stereocenters. The number of aryl methyl sites for hydroxylation is 1. The fraction of sp³-hybridized carbons (Fsp3) is 0.188. The van der Waals surface area contributed by atoms with Crippen LogP contribution in [-0.2, 0) is 32.6 Å². The molecule has 2 amide bonds. The van der Waals surface area contributed by atoms with E-state index in [0.29, 0.717) is 4.47 Å². The summed E-state index contributed by atoms with van der Waals surface area (Å²) in [5.74, 6) is -1.67. The van der Waals surface area contributed by atoms with Crippen LogP contribution in [0, 0.1) is 12.7 Å². The van der Waals surface area contributed by atoms with Gasteiger partial charge in [-0.3, -0.25) is 13.9 Å². The van der Waals surface area contributed by atoms with Gasteiger partial charge in [-0.1, -0.05) is 88.2 Å². The van der Waals surface area contributed by atoms with Gasteiger partial charge in [-0.25, -0.2) is 12.8 Å². The minimum Gasteiger partial charge on any atom is -0.357 e. The van der Waals surface area contributed by atoms with Crippen LogP contribution in [0.5, 0.6) is 0 Å². The van der Waals surface area contributed by atoms with Gasteiger partial charge in [0, 0.05) is 30.0 Å². The molecule has 0 aliphatic carbocycles. The number of nitrogens with zero attached hydrogens (tertiary/aromatic N) is 2. The highest BCUT2D eigenvalue weighted by atomic mass is 79.9. The molecule has 1 unspecified atom stereocenters. The summed E-state index contributed by atoms with van der Waals surface area (Å²) in [5.41, 5.74) is 2.12. The molecular weight excluding hydrogens is 621 g/mol. The molecule has 0 aromatic heterocycles. The number of carbonyl (C=O) groups excluding carboxylic acids is 2. The summed E-state index contributed by atoms with van der Waals surface area (Å²) in [4.78, 5) is 28.7. The molecule has 0 bridgehead atoms. The Morgan fingerprint density at radius 2 is 1.57 bits per heavy atom. The molecule has 0 heterocycles. The van der Waals surface area contributed by atoms with Crippen LogP contribution in [0.4, 0.5) is 10.1 Å². The van der Waals surface area contributed by atoms with Crippen LogP contribution in [0.2, 0.25) is 0 Å². The van der Waals surface area contributed by atoms with Crippen molar-refractivity contribution in [2.24, 2.45) is 0 Å². The van der Waals surface area contributed by atoms with Crippen molar-refractivity contribution in [1.82, 2.24) is 10.2 Å². The molecule has 4 aromatic rings. The van der Waals surface area contributed by atoms with Crippen LogP contribution >= 0.6 is 15.9 Å². The number of likely N-dealkylation sites (N-methyl/N-ethyl adjacent to an activating group) is 1. The highest BCUT2D eigenvalue weighted by molar-refractivity contribution is 9.10. The number of amides is 2. The standard InChI is InChI=1S/C32H31BrFN3O4S/c1-23-15-17-28(18-16-23)42(40,41)37(27-13-8-12-26(33)20-27)22-31(38)36(21-25-11-6-7-14-29(25)34)30(32(39)35-2)19-24-9-4-3-5-10-24/h3-18,20,30H,19,21-22H2,1-2H3,(H,35,39). The van der Waals surface area contributed by atoms with Crippen molar-refractivity contribution in [3.05, 3.63) is 130 Å². The lowest BCUT2D eigenvalue weighted by Crippen LogP contribution is -2.53. The molecule has 0 fully saturated rings. The van der Waals surface area contributed by atoms with Crippen LogP contribution in [0.3, 0.4) is 0 Å². The number of benzene rings is 4. The second kappa shape index (κ2) is 13.8. The Kier molecular flexibility index (Phi) is 10.1. The molecule has 10 heteroatoms. The maximum atomic E-state index is 14.9. The smallest absolute Gasteiger partial charge is 0.264 e. The van der Waals surface area contributed by atoms with Crippen molar-refractivity contribution < 1.29 is 22.4 Å². The lowest BCUT2D eigenvalue weighted by molar-refractivity contribution is -0.139. The summed E-state index contributed by atoms with van der Waals surface area (Å²) >= 11 is 3.39. The quantitative estimate of drug-likeness (QED) is 0.233. The first-order valence-electron chi connectivity index (χ1n) is 13.2. The molecule has 0 aliphatic heterocycles. The zero-order valence-corrected chi connectivity index (χ0v) is 25.6. The minimum absolute atomic E-state index is 0.00802. The Hall–Kier alpha value is -4.02. The lowest BCUT2D eigenvalue weighted by atomic mass is 10.0. The molecule has 4 rings (SSSR count). The highest BCUT2D eigenvalue weighted by Gasteiger charge is 2.34. The molecule has 4 aromatic carbocycles. The fourth-order valence-corrected chi connectivity index (χ4v) is 6.32. The molecule has 42 heavy (non-hydrogen) atoms. The van der Waals surface area contributed by atoms with E-state index in [1.807, 2.05) is 37.3 Å². The molecule has 0 saturated carbocycles. The SMILES string of the molecule is CNC(=O)C(Cc1ccccc1)N(Cc1ccccc1F)C(=O)CN(c1cccc(Br)c1)S(=O)(=O)c1ccc(C)cc1. The van der Waals surface area contributed by atoms with Crippen molar-refractivity contribution in [3.63, 3.8) is 0 Å². The Labute approximate surface area is 254 Å². The van der Waals surface area contributed by atoms with E-state index >= 15 is 0 Å². The first-order valence-corrected chi connectivity index (χ1v) is 15.5. The number of hydrogen-bond acceptors (Lipinski definition) is 4. The van der Waals surface area contributed by atoms with E-state index < -0.39 is 40.2 Å². The number of hydrogen-bond donors (Lipinski definition) is 1. The number of sulfonamides is 1. The average molecular weight is 653 g/mol. The van der Waals surface area contributed by atoms with Gasteiger partial charge in [0.05, 0.1) is 10.6 Å². The first kappa shape index (κ1) is 30.9. The van der Waals surface area contributed by atoms with E-state index in [1.165, 1.54) is 42.3 Å². The maximum Gasteiger partial charge on any atom is 0.264 e. The second-order valence-electron chi connectivity index (χ2n) is 9.74. The predicted molar refractivity (Wildman–Crippen MR) is 165 cm³/mol. The van der Waals surface area contributed by atoms with E-state index in [1.54, 1.807) is 42.5 Å². The van der Waals surface area contributed by atoms with Crippen molar-refractivity contribution in [3.8, 4) is 0 Å². The molecule has 1 N–H and O–H groups in total. The van der Waals surface area contributed by atoms with Crippen molar-refractivity contribution >= 4 is 43.5 Å². The van der Waals surface area contributed by atoms with Gasteiger partial charge in [-0.15, -0.1) is 0 Å². The van der Waals surface area contributed by atoms with E-state index in [-0.39, 0.29) is 29.1 Å². The molecule has 7 nitrogen and oxygen atoms in total. The molecular formula is C32H31BrFN3O4S. The number of rotatable bonds is 11. The summed E-state index contributed by atoms with van der Waals surface area (Å²) in [6.07, 6.45) is 0.141. The van der Waals surface area contributed by atoms with E-state index in [2.05, 4.69) is 21.2 Å². The molecule has 0 spiro atoms. The Morgan fingerprint density at radius 1 is 0.905 bits per heavy atom. The average Bonchev–Trinajstić information content (AvgIpc) is 2.98. The minimum atomic E-state index is -4.22. The zero-order chi connectivity index (χ0) is 30.3. The number of carbonyl (C=O) groups is 2. The van der Waals surface area contributed by atoms with Crippen LogP contribution in [0.25, 0.3) is 0 Å². The Morgan fingerprint density at radius 3 is 2.21 bits per heavy atom. The summed E-state index contributed by atoms with van der Waals surface area (Å²) in [7, 11) is -2.76. The van der Waals surface area contributed by atoms with Gasteiger partial charge in [0.15, 0.2) is 0 Å². The molecule has 0 aliphatic rings. The second-order valence-corrected chi connectivity index (χ2v) is 12.5. The highest BCUT2D eigenvalue weighted by Crippen LogP contribution is 2.27. The Balaban J connectivity index is 1.80. The molecule has 0 saturated heterocycles. The van der Waals surface area contributed by atoms with Gasteiger partial charge >= 0.3 is 0 Å². The van der Waals surface area contributed by atoms with Gasteiger partial charge in [0.2, 0.25) is 11.8 Å². The third-order valence-corrected chi connectivity index (χ3v) is 9.08. The van der Waals surface area contributed by atoms with Gasteiger partial charge < -0.3 is 10.2 Å². The van der Waals surface area contributed by atoms with E-state index in [9.17, 15) is 22.4 Å². The third kappa shape index (κ3) is 7.43. The maximum absolute atomic E-state index is 14.9. The number of anilines is 1. The lowest BCUT2D eigenvalue weighted by Gasteiger charge is -2.33. The van der Waals surface area contributed by atoms with Crippen LogP contribution < -0.4 is 9.62 Å². The first-order chi connectivity index (χ1) is 20.1. The van der Waals surface area contributed by atoms with Crippen LogP contribution in [0.15, 0.2) is 112 Å². The molecule has 0 radical (unpaired) electrons. The van der Waals surface area contributed by atoms with Gasteiger partial charge in [-0.2, -0.15) is 0 Å². The van der Waals surface area contributed by atoms with Crippen molar-refractivity contribution in [1.29, 1.82) is 0 Å². The largest absolute Gasteiger partial charge is 0.357 e. The fourth-order valence-electron chi connectivity index (χ4n) is 4.53. The predicted octanol–water partition coefficient (Wildman–Crippen LogP) is 5.48. The van der Waals surface area contributed by atoms with E-state index in [0.717, 1.165) is 15.4 Å². The van der Waals surface area contributed by atoms with Gasteiger partial charge in [0.1, 0.15) is 18.4 Å². The monoisotopic (exact) mass is 651 g/mol. The summed E-state index contributed by atoms with van der Waals surface area (Å²) in [6, 6.07) is 27.0. The third-order valence-electron chi connectivity index (χ3n) is 6.80. The van der Waals surface area contributed by atoms with Crippen LogP contribution in [-0.4, -0.2) is 44.8 Å². The van der Waals surface area contributed by atoms with Crippen molar-refractivity contribution in [2.45, 2.75) is 30.8 Å². The van der Waals surface area contributed by atoms with Gasteiger partial charge in [-0.05, 0) is 48.9 Å². The number of halogens is 2. The van der Waals surface area contributed by atoms with Gasteiger partial charge in [0.25, 0.3) is 10.0 Å². The summed E-state index contributed by atoms with van der Waals surface area (Å²) < 4.78 is 44.4. The summed E-state index contributed by atoms with van der Waals surface area (Å²) in [6.45, 7) is 0.981. The number of nitrogens with one attached hydrogen (secondary N) is 1. The zero-order valence-electron chi connectivity index (χ0n) is 23.2. The normalized spacial score (nSPS) is 11.9. The summed E-state index contributed by atoms with van der Waals surface area (Å²) in [5, 5.41) is 2.61. The van der Waals surface area contributed by atoms with E-state index in [4.69, 9.17) is 0 Å². The van der Waals surface area contributed by atoms with Crippen LogP contribution in [0.1, 0.15) is 16.7 Å². The van der Waals surface area contributed by atoms with Crippen molar-refractivity contribution in [2.75, 3.05) is 17.9 Å². The topological polar surface area (TPSA) is 86.8 Å². The Bertz CT molecular complexity index is 1650. The molecule has 218 valence electrons.